The number of anilines is 1. The van der Waals surface area contributed by atoms with Gasteiger partial charge < -0.3 is 10.0 Å². The quantitative estimate of drug-likeness (QED) is 0.929. The molecule has 1 N–H and O–H groups in total. The first-order valence-corrected chi connectivity index (χ1v) is 9.07. The van der Waals surface area contributed by atoms with Crippen LogP contribution in [-0.4, -0.2) is 42.2 Å². The van der Waals surface area contributed by atoms with Crippen molar-refractivity contribution in [2.45, 2.75) is 56.6 Å². The van der Waals surface area contributed by atoms with Crippen molar-refractivity contribution >= 4 is 5.69 Å². The van der Waals surface area contributed by atoms with Gasteiger partial charge in [0.25, 0.3) is 0 Å². The minimum atomic E-state index is -0.566. The van der Waals surface area contributed by atoms with Crippen LogP contribution in [0.25, 0.3) is 0 Å². The lowest BCUT2D eigenvalue weighted by Gasteiger charge is -2.43. The number of nitrogens with zero attached hydrogens (tertiary/aromatic N) is 2. The summed E-state index contributed by atoms with van der Waals surface area (Å²) in [6.45, 7) is 4.63. The van der Waals surface area contributed by atoms with Crippen LogP contribution < -0.4 is 4.90 Å². The molecule has 1 heterocycles. The molecule has 0 aromatic heterocycles. The lowest BCUT2D eigenvalue weighted by Crippen LogP contribution is -2.52. The fraction of sp³-hybridized carbons (Fsp3) is 0.684. The minimum absolute atomic E-state index is 0.566. The number of rotatable bonds is 3. The second kappa shape index (κ2) is 5.86. The number of piperazine rings is 1. The third-order valence-electron chi connectivity index (χ3n) is 6.08. The third kappa shape index (κ3) is 2.65. The van der Waals surface area contributed by atoms with Gasteiger partial charge in [0.05, 0.1) is 5.60 Å². The summed E-state index contributed by atoms with van der Waals surface area (Å²) in [6, 6.07) is 9.55. The van der Waals surface area contributed by atoms with E-state index in [1.54, 1.807) is 0 Å². The summed E-state index contributed by atoms with van der Waals surface area (Å²) in [5.74, 6) is 0. The Morgan fingerprint density at radius 2 is 1.68 bits per heavy atom. The van der Waals surface area contributed by atoms with Crippen molar-refractivity contribution in [2.24, 2.45) is 0 Å². The van der Waals surface area contributed by atoms with Crippen molar-refractivity contribution in [1.82, 2.24) is 4.90 Å². The Balaban J connectivity index is 1.44. The van der Waals surface area contributed by atoms with Crippen LogP contribution in [0.4, 0.5) is 5.69 Å². The molecule has 3 fully saturated rings. The summed E-state index contributed by atoms with van der Waals surface area (Å²) in [6.07, 6.45) is 8.38. The van der Waals surface area contributed by atoms with Gasteiger partial charge in [-0.25, -0.2) is 0 Å². The molecule has 2 saturated carbocycles. The highest BCUT2D eigenvalue weighted by Gasteiger charge is 2.33. The van der Waals surface area contributed by atoms with Gasteiger partial charge in [-0.15, -0.1) is 0 Å². The lowest BCUT2D eigenvalue weighted by molar-refractivity contribution is 0.0445. The van der Waals surface area contributed by atoms with E-state index in [9.17, 15) is 5.11 Å². The standard InChI is InChI=1S/C19H28N2O/c22-19(9-1-2-10-19)16-5-3-8-18(15-16)21-13-11-20(12-14-21)17-6-4-7-17/h3,5,8,15,17,22H,1-2,4,6-7,9-14H2. The Kier molecular flexibility index (Phi) is 3.87. The third-order valence-corrected chi connectivity index (χ3v) is 6.08. The summed E-state index contributed by atoms with van der Waals surface area (Å²) < 4.78 is 0. The fourth-order valence-electron chi connectivity index (χ4n) is 4.34. The molecule has 0 amide bonds. The monoisotopic (exact) mass is 300 g/mol. The Hall–Kier alpha value is -1.06. The zero-order valence-corrected chi connectivity index (χ0v) is 13.5. The highest BCUT2D eigenvalue weighted by atomic mass is 16.3. The maximum Gasteiger partial charge on any atom is 0.0897 e. The molecule has 0 spiro atoms. The van der Waals surface area contributed by atoms with Gasteiger partial charge in [0.1, 0.15) is 0 Å². The van der Waals surface area contributed by atoms with Gasteiger partial charge in [-0.2, -0.15) is 0 Å². The van der Waals surface area contributed by atoms with Crippen molar-refractivity contribution in [3.05, 3.63) is 29.8 Å². The molecule has 0 bridgehead atoms. The zero-order chi connectivity index (χ0) is 15.0. The number of hydrogen-bond acceptors (Lipinski definition) is 3. The van der Waals surface area contributed by atoms with Gasteiger partial charge in [-0.3, -0.25) is 4.90 Å². The van der Waals surface area contributed by atoms with E-state index in [2.05, 4.69) is 34.1 Å². The molecule has 0 atom stereocenters. The summed E-state index contributed by atoms with van der Waals surface area (Å²) in [4.78, 5) is 5.17. The minimum Gasteiger partial charge on any atom is -0.385 e. The first kappa shape index (κ1) is 14.5. The van der Waals surface area contributed by atoms with E-state index in [4.69, 9.17) is 0 Å². The van der Waals surface area contributed by atoms with Crippen molar-refractivity contribution in [3.8, 4) is 0 Å². The first-order valence-electron chi connectivity index (χ1n) is 9.07. The van der Waals surface area contributed by atoms with Crippen molar-refractivity contribution in [2.75, 3.05) is 31.1 Å². The average molecular weight is 300 g/mol. The fourth-order valence-corrected chi connectivity index (χ4v) is 4.34. The maximum absolute atomic E-state index is 10.8. The lowest BCUT2D eigenvalue weighted by atomic mass is 9.90. The van der Waals surface area contributed by atoms with Gasteiger partial charge in [-0.05, 0) is 43.4 Å². The zero-order valence-electron chi connectivity index (χ0n) is 13.5. The van der Waals surface area contributed by atoms with Gasteiger partial charge in [0, 0.05) is 37.9 Å². The van der Waals surface area contributed by atoms with Crippen LogP contribution >= 0.6 is 0 Å². The number of benzene rings is 1. The summed E-state index contributed by atoms with van der Waals surface area (Å²) in [5.41, 5.74) is 1.86. The van der Waals surface area contributed by atoms with E-state index in [1.807, 2.05) is 0 Å². The van der Waals surface area contributed by atoms with E-state index < -0.39 is 5.60 Å². The Morgan fingerprint density at radius 1 is 0.955 bits per heavy atom. The molecule has 4 rings (SSSR count). The smallest absolute Gasteiger partial charge is 0.0897 e. The molecular weight excluding hydrogens is 272 g/mol. The summed E-state index contributed by atoms with van der Waals surface area (Å²) in [5, 5.41) is 10.8. The van der Waals surface area contributed by atoms with Crippen LogP contribution in [0.1, 0.15) is 50.5 Å². The van der Waals surface area contributed by atoms with Crippen molar-refractivity contribution < 1.29 is 5.11 Å². The molecule has 0 radical (unpaired) electrons. The SMILES string of the molecule is OC1(c2cccc(N3CCN(C4CCC4)CC3)c2)CCCC1. The van der Waals surface area contributed by atoms with E-state index >= 15 is 0 Å². The van der Waals surface area contributed by atoms with E-state index in [1.165, 1.54) is 38.0 Å². The van der Waals surface area contributed by atoms with Gasteiger partial charge in [0.15, 0.2) is 0 Å². The summed E-state index contributed by atoms with van der Waals surface area (Å²) in [7, 11) is 0. The Morgan fingerprint density at radius 3 is 2.32 bits per heavy atom. The molecular formula is C19H28N2O. The molecule has 1 saturated heterocycles. The summed E-state index contributed by atoms with van der Waals surface area (Å²) >= 11 is 0. The predicted octanol–water partition coefficient (Wildman–Crippen LogP) is 3.12. The normalized spacial score (nSPS) is 26.1. The van der Waals surface area contributed by atoms with Gasteiger partial charge >= 0.3 is 0 Å². The topological polar surface area (TPSA) is 26.7 Å². The van der Waals surface area contributed by atoms with Crippen LogP contribution in [-0.2, 0) is 5.60 Å². The first-order chi connectivity index (χ1) is 10.7. The highest BCUT2D eigenvalue weighted by molar-refractivity contribution is 5.50. The highest BCUT2D eigenvalue weighted by Crippen LogP contribution is 2.39. The van der Waals surface area contributed by atoms with Crippen LogP contribution in [0.5, 0.6) is 0 Å². The van der Waals surface area contributed by atoms with Crippen LogP contribution in [0.3, 0.4) is 0 Å². The number of aliphatic hydroxyl groups is 1. The molecule has 1 aromatic carbocycles. The van der Waals surface area contributed by atoms with Crippen molar-refractivity contribution in [1.29, 1.82) is 0 Å². The Bertz CT molecular complexity index is 512. The molecule has 3 aliphatic rings. The van der Waals surface area contributed by atoms with E-state index in [0.717, 1.165) is 50.4 Å². The Labute approximate surface area is 133 Å². The average Bonchev–Trinajstić information content (AvgIpc) is 2.95. The maximum atomic E-state index is 10.8. The second-order valence-corrected chi connectivity index (χ2v) is 7.40. The predicted molar refractivity (Wildman–Crippen MR) is 90.2 cm³/mol. The molecule has 1 aromatic rings. The number of hydrogen-bond donors (Lipinski definition) is 1. The van der Waals surface area contributed by atoms with E-state index in [0.29, 0.717) is 0 Å². The molecule has 3 nitrogen and oxygen atoms in total. The second-order valence-electron chi connectivity index (χ2n) is 7.40. The molecule has 3 heteroatoms. The van der Waals surface area contributed by atoms with Gasteiger partial charge in [-0.1, -0.05) is 31.4 Å². The van der Waals surface area contributed by atoms with Crippen molar-refractivity contribution in [3.63, 3.8) is 0 Å². The molecule has 120 valence electrons. The molecule has 1 aliphatic heterocycles. The van der Waals surface area contributed by atoms with Gasteiger partial charge in [0.2, 0.25) is 0 Å². The van der Waals surface area contributed by atoms with Crippen LogP contribution in [0, 0.1) is 0 Å². The molecule has 0 unspecified atom stereocenters. The van der Waals surface area contributed by atoms with Crippen LogP contribution in [0.15, 0.2) is 24.3 Å². The molecule has 22 heavy (non-hydrogen) atoms. The largest absolute Gasteiger partial charge is 0.385 e. The van der Waals surface area contributed by atoms with E-state index in [-0.39, 0.29) is 0 Å². The molecule has 2 aliphatic carbocycles. The van der Waals surface area contributed by atoms with Crippen LogP contribution in [0.2, 0.25) is 0 Å².